The molecule has 1 fully saturated rings. The van der Waals surface area contributed by atoms with Gasteiger partial charge < -0.3 is 9.47 Å². The predicted molar refractivity (Wildman–Crippen MR) is 99.8 cm³/mol. The minimum atomic E-state index is -4.09. The SMILES string of the molecule is COc1ccc([N+](=O)[O-])cc1S(=O)(=O)Nc1cccc(OC2CCCC2)c1. The third kappa shape index (κ3) is 4.48. The fourth-order valence-electron chi connectivity index (χ4n) is 3.03. The Bertz CT molecular complexity index is 939. The van der Waals surface area contributed by atoms with Crippen molar-refractivity contribution in [2.75, 3.05) is 11.8 Å². The summed E-state index contributed by atoms with van der Waals surface area (Å²) in [6, 6.07) is 10.1. The van der Waals surface area contributed by atoms with Crippen molar-refractivity contribution in [2.45, 2.75) is 36.7 Å². The Morgan fingerprint density at radius 2 is 1.89 bits per heavy atom. The van der Waals surface area contributed by atoms with Gasteiger partial charge in [0.1, 0.15) is 16.4 Å². The van der Waals surface area contributed by atoms with Crippen LogP contribution in [0.3, 0.4) is 0 Å². The standard InChI is InChI=1S/C18H20N2O6S/c1-25-17-10-9-14(20(21)22)12-18(17)27(23,24)19-13-5-4-8-16(11-13)26-15-6-2-3-7-15/h4-5,8-12,15,19H,2-3,6-7H2,1H3. The number of ether oxygens (including phenoxy) is 2. The highest BCUT2D eigenvalue weighted by Crippen LogP contribution is 2.31. The Morgan fingerprint density at radius 1 is 1.15 bits per heavy atom. The Hall–Kier alpha value is -2.81. The highest BCUT2D eigenvalue weighted by atomic mass is 32.2. The summed E-state index contributed by atoms with van der Waals surface area (Å²) < 4.78 is 38.9. The van der Waals surface area contributed by atoms with Crippen molar-refractivity contribution in [2.24, 2.45) is 0 Å². The maximum atomic E-state index is 12.8. The number of non-ortho nitro benzene ring substituents is 1. The second-order valence-electron chi connectivity index (χ2n) is 6.25. The smallest absolute Gasteiger partial charge is 0.271 e. The van der Waals surface area contributed by atoms with E-state index in [1.54, 1.807) is 24.3 Å². The largest absolute Gasteiger partial charge is 0.495 e. The van der Waals surface area contributed by atoms with E-state index in [9.17, 15) is 18.5 Å². The second kappa shape index (κ2) is 7.83. The Kier molecular flexibility index (Phi) is 5.50. The van der Waals surface area contributed by atoms with Gasteiger partial charge in [-0.15, -0.1) is 0 Å². The summed E-state index contributed by atoms with van der Waals surface area (Å²) in [4.78, 5) is 10.0. The maximum absolute atomic E-state index is 12.8. The van der Waals surface area contributed by atoms with Gasteiger partial charge in [-0.05, 0) is 43.9 Å². The number of nitro groups is 1. The minimum Gasteiger partial charge on any atom is -0.495 e. The van der Waals surface area contributed by atoms with E-state index in [1.165, 1.54) is 19.2 Å². The van der Waals surface area contributed by atoms with Crippen LogP contribution in [0, 0.1) is 10.1 Å². The molecule has 1 saturated carbocycles. The molecule has 1 aliphatic rings. The van der Waals surface area contributed by atoms with Gasteiger partial charge in [-0.25, -0.2) is 8.42 Å². The normalized spacial score (nSPS) is 14.7. The molecular formula is C18H20N2O6S. The van der Waals surface area contributed by atoms with Crippen LogP contribution in [0.2, 0.25) is 0 Å². The molecule has 0 atom stereocenters. The quantitative estimate of drug-likeness (QED) is 0.568. The molecule has 0 heterocycles. The molecule has 0 aromatic heterocycles. The van der Waals surface area contributed by atoms with Crippen molar-refractivity contribution in [1.29, 1.82) is 0 Å². The number of anilines is 1. The molecular weight excluding hydrogens is 372 g/mol. The van der Waals surface area contributed by atoms with E-state index in [2.05, 4.69) is 4.72 Å². The van der Waals surface area contributed by atoms with Crippen molar-refractivity contribution >= 4 is 21.4 Å². The van der Waals surface area contributed by atoms with Crippen LogP contribution in [0.25, 0.3) is 0 Å². The van der Waals surface area contributed by atoms with Gasteiger partial charge in [-0.2, -0.15) is 0 Å². The number of nitrogens with one attached hydrogen (secondary N) is 1. The van der Waals surface area contributed by atoms with E-state index in [4.69, 9.17) is 9.47 Å². The zero-order valence-electron chi connectivity index (χ0n) is 14.8. The first-order valence-electron chi connectivity index (χ1n) is 8.51. The average molecular weight is 392 g/mol. The van der Waals surface area contributed by atoms with Crippen molar-refractivity contribution in [1.82, 2.24) is 0 Å². The third-order valence-corrected chi connectivity index (χ3v) is 5.74. The number of hydrogen-bond acceptors (Lipinski definition) is 6. The van der Waals surface area contributed by atoms with E-state index in [1.807, 2.05) is 0 Å². The van der Waals surface area contributed by atoms with Crippen LogP contribution in [0.1, 0.15) is 25.7 Å². The van der Waals surface area contributed by atoms with Gasteiger partial charge in [0, 0.05) is 18.2 Å². The molecule has 1 N–H and O–H groups in total. The van der Waals surface area contributed by atoms with Crippen LogP contribution >= 0.6 is 0 Å². The van der Waals surface area contributed by atoms with Crippen LogP contribution in [-0.4, -0.2) is 26.6 Å². The van der Waals surface area contributed by atoms with Crippen LogP contribution < -0.4 is 14.2 Å². The summed E-state index contributed by atoms with van der Waals surface area (Å²) in [7, 11) is -2.79. The molecule has 0 aliphatic heterocycles. The fraction of sp³-hybridized carbons (Fsp3) is 0.333. The summed E-state index contributed by atoms with van der Waals surface area (Å²) in [5.74, 6) is 0.597. The van der Waals surface area contributed by atoms with Gasteiger partial charge in [0.15, 0.2) is 0 Å². The number of methoxy groups -OCH3 is 1. The van der Waals surface area contributed by atoms with Gasteiger partial charge in [-0.1, -0.05) is 6.07 Å². The third-order valence-electron chi connectivity index (χ3n) is 4.34. The van der Waals surface area contributed by atoms with E-state index >= 15 is 0 Å². The van der Waals surface area contributed by atoms with E-state index in [0.717, 1.165) is 31.7 Å². The topological polar surface area (TPSA) is 108 Å². The first-order valence-corrected chi connectivity index (χ1v) is 9.99. The highest BCUT2D eigenvalue weighted by molar-refractivity contribution is 7.92. The molecule has 27 heavy (non-hydrogen) atoms. The van der Waals surface area contributed by atoms with Gasteiger partial charge in [0.25, 0.3) is 15.7 Å². The molecule has 144 valence electrons. The molecule has 0 radical (unpaired) electrons. The molecule has 0 spiro atoms. The summed E-state index contributed by atoms with van der Waals surface area (Å²) in [5.41, 5.74) is -0.0338. The van der Waals surface area contributed by atoms with Crippen LogP contribution in [0.15, 0.2) is 47.4 Å². The minimum absolute atomic E-state index is 0.0199. The molecule has 0 bridgehead atoms. The molecule has 0 saturated heterocycles. The van der Waals surface area contributed by atoms with E-state index in [0.29, 0.717) is 11.4 Å². The number of hydrogen-bond donors (Lipinski definition) is 1. The van der Waals surface area contributed by atoms with Crippen molar-refractivity contribution in [3.05, 3.63) is 52.6 Å². The lowest BCUT2D eigenvalue weighted by Crippen LogP contribution is -2.15. The predicted octanol–water partition coefficient (Wildman–Crippen LogP) is 3.73. The lowest BCUT2D eigenvalue weighted by molar-refractivity contribution is -0.385. The van der Waals surface area contributed by atoms with Crippen molar-refractivity contribution in [3.8, 4) is 11.5 Å². The Balaban J connectivity index is 1.86. The van der Waals surface area contributed by atoms with Gasteiger partial charge in [0.05, 0.1) is 23.8 Å². The fourth-order valence-corrected chi connectivity index (χ4v) is 4.27. The number of nitrogens with zero attached hydrogens (tertiary/aromatic N) is 1. The Labute approximate surface area is 157 Å². The van der Waals surface area contributed by atoms with Gasteiger partial charge in [-0.3, -0.25) is 14.8 Å². The molecule has 3 rings (SSSR count). The van der Waals surface area contributed by atoms with Crippen LogP contribution in [0.4, 0.5) is 11.4 Å². The van der Waals surface area contributed by atoms with Crippen LogP contribution in [-0.2, 0) is 10.0 Å². The van der Waals surface area contributed by atoms with Crippen molar-refractivity contribution < 1.29 is 22.8 Å². The highest BCUT2D eigenvalue weighted by Gasteiger charge is 2.24. The second-order valence-corrected chi connectivity index (χ2v) is 7.90. The number of nitro benzene ring substituents is 1. The monoisotopic (exact) mass is 392 g/mol. The maximum Gasteiger partial charge on any atom is 0.271 e. The molecule has 8 nitrogen and oxygen atoms in total. The molecule has 1 aliphatic carbocycles. The molecule has 0 unspecified atom stereocenters. The summed E-state index contributed by atoms with van der Waals surface area (Å²) in [6.45, 7) is 0. The van der Waals surface area contributed by atoms with Gasteiger partial charge >= 0.3 is 0 Å². The zero-order chi connectivity index (χ0) is 19.4. The lowest BCUT2D eigenvalue weighted by atomic mass is 10.3. The summed E-state index contributed by atoms with van der Waals surface area (Å²) >= 11 is 0. The lowest BCUT2D eigenvalue weighted by Gasteiger charge is -2.15. The summed E-state index contributed by atoms with van der Waals surface area (Å²) in [5, 5.41) is 11.0. The molecule has 0 amide bonds. The van der Waals surface area contributed by atoms with Crippen LogP contribution in [0.5, 0.6) is 11.5 Å². The zero-order valence-corrected chi connectivity index (χ0v) is 15.6. The number of benzene rings is 2. The average Bonchev–Trinajstić information content (AvgIpc) is 3.14. The first kappa shape index (κ1) is 19.0. The molecule has 9 heteroatoms. The number of sulfonamides is 1. The van der Waals surface area contributed by atoms with Crippen molar-refractivity contribution in [3.63, 3.8) is 0 Å². The van der Waals surface area contributed by atoms with E-state index < -0.39 is 14.9 Å². The number of rotatable bonds is 7. The molecule has 2 aromatic carbocycles. The molecule has 2 aromatic rings. The first-order chi connectivity index (χ1) is 12.9. The van der Waals surface area contributed by atoms with E-state index in [-0.39, 0.29) is 22.4 Å². The van der Waals surface area contributed by atoms with Gasteiger partial charge in [0.2, 0.25) is 0 Å². The summed E-state index contributed by atoms with van der Waals surface area (Å²) in [6.07, 6.45) is 4.38. The Morgan fingerprint density at radius 3 is 2.56 bits per heavy atom.